The third-order valence-electron chi connectivity index (χ3n) is 2.64. The van der Waals surface area contributed by atoms with Crippen molar-refractivity contribution in [3.63, 3.8) is 0 Å². The molecule has 110 valence electrons. The van der Waals surface area contributed by atoms with Crippen molar-refractivity contribution in [1.29, 1.82) is 0 Å². The minimum Gasteiger partial charge on any atom is -0.480 e. The number of hydrogen-bond donors (Lipinski definition) is 3. The van der Waals surface area contributed by atoms with Gasteiger partial charge in [0.2, 0.25) is 0 Å². The van der Waals surface area contributed by atoms with Crippen LogP contribution in [0.4, 0.5) is 4.79 Å². The van der Waals surface area contributed by atoms with Crippen LogP contribution in [0, 0.1) is 0 Å². The summed E-state index contributed by atoms with van der Waals surface area (Å²) in [6.07, 6.45) is 1.07. The van der Waals surface area contributed by atoms with Crippen LogP contribution in [-0.2, 0) is 11.3 Å². The number of rotatable bonds is 6. The summed E-state index contributed by atoms with van der Waals surface area (Å²) in [5, 5.41) is 14.5. The van der Waals surface area contributed by atoms with Crippen molar-refractivity contribution in [1.82, 2.24) is 10.6 Å². The van der Waals surface area contributed by atoms with E-state index < -0.39 is 18.0 Å². The number of hydrogen-bond acceptors (Lipinski definition) is 2. The molecule has 1 rings (SSSR count). The lowest BCUT2D eigenvalue weighted by atomic mass is 10.2. The Kier molecular flexibility index (Phi) is 6.81. The molecule has 1 atom stereocenters. The lowest BCUT2D eigenvalue weighted by Crippen LogP contribution is -2.45. The summed E-state index contributed by atoms with van der Waals surface area (Å²) in [4.78, 5) is 22.6. The third kappa shape index (κ3) is 5.38. The summed E-state index contributed by atoms with van der Waals surface area (Å²) < 4.78 is 0.851. The van der Waals surface area contributed by atoms with Crippen LogP contribution in [0.25, 0.3) is 0 Å². The molecule has 7 heteroatoms. The van der Waals surface area contributed by atoms with Crippen molar-refractivity contribution in [3.8, 4) is 0 Å². The van der Waals surface area contributed by atoms with Crippen LogP contribution in [-0.4, -0.2) is 23.1 Å². The molecule has 20 heavy (non-hydrogen) atoms. The van der Waals surface area contributed by atoms with Crippen LogP contribution in [0.3, 0.4) is 0 Å². The standard InChI is InChI=1S/C13H16BrClN2O3/c1-2-3-11(12(18)19)17-13(20)16-7-8-4-5-9(14)6-10(8)15/h4-6,11H,2-3,7H2,1H3,(H,18,19)(H2,16,17,20). The van der Waals surface area contributed by atoms with Gasteiger partial charge in [0.25, 0.3) is 0 Å². The van der Waals surface area contributed by atoms with E-state index in [-0.39, 0.29) is 6.54 Å². The Balaban J connectivity index is 2.52. The van der Waals surface area contributed by atoms with E-state index in [2.05, 4.69) is 26.6 Å². The van der Waals surface area contributed by atoms with Gasteiger partial charge in [-0.3, -0.25) is 0 Å². The number of halogens is 2. The maximum absolute atomic E-state index is 11.6. The first-order valence-corrected chi connectivity index (χ1v) is 7.32. The summed E-state index contributed by atoms with van der Waals surface area (Å²) in [5.74, 6) is -1.04. The quantitative estimate of drug-likeness (QED) is 0.726. The number of carboxylic acid groups (broad SMARTS) is 1. The molecule has 0 fully saturated rings. The van der Waals surface area contributed by atoms with Gasteiger partial charge in [0.1, 0.15) is 6.04 Å². The van der Waals surface area contributed by atoms with E-state index >= 15 is 0 Å². The van der Waals surface area contributed by atoms with Gasteiger partial charge in [-0.1, -0.05) is 46.9 Å². The van der Waals surface area contributed by atoms with Crippen LogP contribution < -0.4 is 10.6 Å². The first-order valence-electron chi connectivity index (χ1n) is 6.15. The van der Waals surface area contributed by atoms with E-state index in [1.165, 1.54) is 0 Å². The van der Waals surface area contributed by atoms with Gasteiger partial charge in [-0.25, -0.2) is 9.59 Å². The zero-order valence-electron chi connectivity index (χ0n) is 11.0. The fourth-order valence-corrected chi connectivity index (χ4v) is 2.34. The average Bonchev–Trinajstić information content (AvgIpc) is 2.37. The van der Waals surface area contributed by atoms with Crippen LogP contribution in [0.15, 0.2) is 22.7 Å². The van der Waals surface area contributed by atoms with E-state index in [1.54, 1.807) is 12.1 Å². The van der Waals surface area contributed by atoms with Gasteiger partial charge < -0.3 is 15.7 Å². The Hall–Kier alpha value is -1.27. The predicted octanol–water partition coefficient (Wildman–Crippen LogP) is 3.16. The number of amides is 2. The molecule has 0 bridgehead atoms. The van der Waals surface area contributed by atoms with Gasteiger partial charge >= 0.3 is 12.0 Å². The Morgan fingerprint density at radius 3 is 2.70 bits per heavy atom. The van der Waals surface area contributed by atoms with E-state index in [0.717, 1.165) is 10.0 Å². The van der Waals surface area contributed by atoms with Gasteiger partial charge in [-0.15, -0.1) is 0 Å². The number of benzene rings is 1. The van der Waals surface area contributed by atoms with Gasteiger partial charge in [0, 0.05) is 16.0 Å². The summed E-state index contributed by atoms with van der Waals surface area (Å²) in [6, 6.07) is 3.93. The minimum absolute atomic E-state index is 0.233. The number of carbonyl (C=O) groups excluding carboxylic acids is 1. The molecule has 0 aliphatic carbocycles. The predicted molar refractivity (Wildman–Crippen MR) is 80.9 cm³/mol. The highest BCUT2D eigenvalue weighted by molar-refractivity contribution is 9.10. The van der Waals surface area contributed by atoms with Crippen molar-refractivity contribution in [2.45, 2.75) is 32.4 Å². The maximum Gasteiger partial charge on any atom is 0.326 e. The molecule has 0 spiro atoms. The molecule has 0 aliphatic heterocycles. The van der Waals surface area contributed by atoms with Gasteiger partial charge in [-0.2, -0.15) is 0 Å². The fraction of sp³-hybridized carbons (Fsp3) is 0.385. The molecule has 0 saturated carbocycles. The van der Waals surface area contributed by atoms with Crippen molar-refractivity contribution < 1.29 is 14.7 Å². The van der Waals surface area contributed by atoms with Crippen molar-refractivity contribution in [2.24, 2.45) is 0 Å². The summed E-state index contributed by atoms with van der Waals surface area (Å²) in [7, 11) is 0. The van der Waals surface area contributed by atoms with Crippen molar-refractivity contribution in [3.05, 3.63) is 33.3 Å². The summed E-state index contributed by atoms with van der Waals surface area (Å²) in [5.41, 5.74) is 0.757. The zero-order chi connectivity index (χ0) is 15.1. The average molecular weight is 364 g/mol. The maximum atomic E-state index is 11.6. The molecular weight excluding hydrogens is 348 g/mol. The molecule has 0 radical (unpaired) electrons. The number of urea groups is 1. The van der Waals surface area contributed by atoms with E-state index in [1.807, 2.05) is 13.0 Å². The monoisotopic (exact) mass is 362 g/mol. The Morgan fingerprint density at radius 2 is 2.15 bits per heavy atom. The molecular formula is C13H16BrClN2O3. The molecule has 2 amide bonds. The SMILES string of the molecule is CCCC(NC(=O)NCc1ccc(Br)cc1Cl)C(=O)O. The summed E-state index contributed by atoms with van der Waals surface area (Å²) in [6.45, 7) is 2.09. The highest BCUT2D eigenvalue weighted by atomic mass is 79.9. The lowest BCUT2D eigenvalue weighted by Gasteiger charge is -2.14. The minimum atomic E-state index is -1.04. The first kappa shape index (κ1) is 16.8. The summed E-state index contributed by atoms with van der Waals surface area (Å²) >= 11 is 9.32. The smallest absolute Gasteiger partial charge is 0.326 e. The first-order chi connectivity index (χ1) is 9.43. The van der Waals surface area contributed by atoms with Gasteiger partial charge in [0.15, 0.2) is 0 Å². The van der Waals surface area contributed by atoms with Crippen LogP contribution in [0.5, 0.6) is 0 Å². The van der Waals surface area contributed by atoms with Crippen LogP contribution in [0.1, 0.15) is 25.3 Å². The normalized spacial score (nSPS) is 11.8. The molecule has 3 N–H and O–H groups in total. The molecule has 1 unspecified atom stereocenters. The van der Waals surface area contributed by atoms with E-state index in [4.69, 9.17) is 16.7 Å². The largest absolute Gasteiger partial charge is 0.480 e. The second-order valence-electron chi connectivity index (χ2n) is 4.24. The van der Waals surface area contributed by atoms with Crippen LogP contribution >= 0.6 is 27.5 Å². The van der Waals surface area contributed by atoms with Crippen molar-refractivity contribution >= 4 is 39.5 Å². The molecule has 0 saturated heterocycles. The second-order valence-corrected chi connectivity index (χ2v) is 5.57. The third-order valence-corrected chi connectivity index (χ3v) is 3.48. The molecule has 5 nitrogen and oxygen atoms in total. The molecule has 0 heterocycles. The number of aliphatic carboxylic acids is 1. The van der Waals surface area contributed by atoms with Crippen molar-refractivity contribution in [2.75, 3.05) is 0 Å². The zero-order valence-corrected chi connectivity index (χ0v) is 13.3. The Morgan fingerprint density at radius 1 is 1.45 bits per heavy atom. The Labute approximate surface area is 130 Å². The van der Waals surface area contributed by atoms with Crippen LogP contribution in [0.2, 0.25) is 5.02 Å². The van der Waals surface area contributed by atoms with E-state index in [9.17, 15) is 9.59 Å². The Bertz CT molecular complexity index is 497. The molecule has 0 aliphatic rings. The number of carboxylic acids is 1. The highest BCUT2D eigenvalue weighted by Gasteiger charge is 2.18. The van der Waals surface area contributed by atoms with E-state index in [0.29, 0.717) is 17.9 Å². The number of nitrogens with one attached hydrogen (secondary N) is 2. The second kappa shape index (κ2) is 8.11. The molecule has 0 aromatic heterocycles. The molecule has 1 aromatic rings. The topological polar surface area (TPSA) is 78.4 Å². The lowest BCUT2D eigenvalue weighted by molar-refractivity contribution is -0.139. The number of carbonyl (C=O) groups is 2. The highest BCUT2D eigenvalue weighted by Crippen LogP contribution is 2.21. The molecule has 1 aromatic carbocycles. The fourth-order valence-electron chi connectivity index (χ4n) is 1.60. The van der Waals surface area contributed by atoms with Gasteiger partial charge in [-0.05, 0) is 24.1 Å². The van der Waals surface area contributed by atoms with Gasteiger partial charge in [0.05, 0.1) is 0 Å².